The predicted molar refractivity (Wildman–Crippen MR) is 242 cm³/mol. The summed E-state index contributed by atoms with van der Waals surface area (Å²) in [6.07, 6.45) is 56.0. The molecule has 0 spiro atoms. The molecule has 0 aromatic heterocycles. The van der Waals surface area contributed by atoms with Crippen molar-refractivity contribution in [2.24, 2.45) is 0 Å². The third-order valence-electron chi connectivity index (χ3n) is 9.65. The maximum absolute atomic E-state index is 12.7. The number of allylic oxidation sites excluding steroid dienone is 12. The van der Waals surface area contributed by atoms with Gasteiger partial charge in [0.1, 0.15) is 13.2 Å². The molecule has 0 fully saturated rings. The molecule has 0 N–H and O–H groups in total. The molecule has 0 aliphatic rings. The minimum absolute atomic E-state index is 0.101. The van der Waals surface area contributed by atoms with Crippen molar-refractivity contribution in [2.75, 3.05) is 13.2 Å². The molecule has 0 aromatic carbocycles. The third kappa shape index (κ3) is 43.8. The third-order valence-corrected chi connectivity index (χ3v) is 9.65. The number of esters is 3. The van der Waals surface area contributed by atoms with Crippen LogP contribution in [-0.4, -0.2) is 37.2 Å². The summed E-state index contributed by atoms with van der Waals surface area (Å²) < 4.78 is 16.6. The van der Waals surface area contributed by atoms with Crippen molar-refractivity contribution in [1.82, 2.24) is 0 Å². The van der Waals surface area contributed by atoms with Crippen molar-refractivity contribution in [1.29, 1.82) is 0 Å². The zero-order valence-corrected chi connectivity index (χ0v) is 37.1. The smallest absolute Gasteiger partial charge is 0.306 e. The molecule has 0 saturated heterocycles. The maximum atomic E-state index is 12.7. The van der Waals surface area contributed by atoms with Crippen LogP contribution in [0.25, 0.3) is 0 Å². The Kier molecular flexibility index (Phi) is 43.0. The largest absolute Gasteiger partial charge is 0.462 e. The first-order chi connectivity index (χ1) is 28.0. The Morgan fingerprint density at radius 1 is 0.351 bits per heavy atom. The van der Waals surface area contributed by atoms with Crippen molar-refractivity contribution in [3.05, 3.63) is 72.9 Å². The van der Waals surface area contributed by atoms with Crippen LogP contribution in [-0.2, 0) is 28.6 Å². The lowest BCUT2D eigenvalue weighted by atomic mass is 10.1. The average Bonchev–Trinajstić information content (AvgIpc) is 3.21. The molecule has 57 heavy (non-hydrogen) atoms. The van der Waals surface area contributed by atoms with E-state index in [1.54, 1.807) is 0 Å². The van der Waals surface area contributed by atoms with E-state index >= 15 is 0 Å². The molecule has 1 atom stereocenters. The lowest BCUT2D eigenvalue weighted by molar-refractivity contribution is -0.167. The molecule has 0 aliphatic heterocycles. The first-order valence-electron chi connectivity index (χ1n) is 23.4. The number of carbonyl (C=O) groups excluding carboxylic acids is 3. The first-order valence-corrected chi connectivity index (χ1v) is 23.4. The van der Waals surface area contributed by atoms with E-state index in [9.17, 15) is 14.4 Å². The quantitative estimate of drug-likeness (QED) is 0.0265. The second-order valence-electron chi connectivity index (χ2n) is 15.3. The summed E-state index contributed by atoms with van der Waals surface area (Å²) in [6, 6.07) is 0. The van der Waals surface area contributed by atoms with Gasteiger partial charge in [0, 0.05) is 19.3 Å². The average molecular weight is 795 g/mol. The van der Waals surface area contributed by atoms with Crippen LogP contribution in [0, 0.1) is 0 Å². The number of hydrogen-bond acceptors (Lipinski definition) is 6. The van der Waals surface area contributed by atoms with Crippen LogP contribution in [0.1, 0.15) is 213 Å². The van der Waals surface area contributed by atoms with E-state index in [1.165, 1.54) is 77.0 Å². The highest BCUT2D eigenvalue weighted by molar-refractivity contribution is 5.71. The number of rotatable bonds is 41. The Labute approximate surface area is 351 Å². The molecule has 6 nitrogen and oxygen atoms in total. The van der Waals surface area contributed by atoms with E-state index in [2.05, 4.69) is 93.7 Å². The highest BCUT2D eigenvalue weighted by Gasteiger charge is 2.19. The van der Waals surface area contributed by atoms with Crippen molar-refractivity contribution < 1.29 is 28.6 Å². The molecule has 326 valence electrons. The minimum atomic E-state index is -0.802. The van der Waals surface area contributed by atoms with E-state index < -0.39 is 6.10 Å². The summed E-state index contributed by atoms with van der Waals surface area (Å²) >= 11 is 0. The number of ether oxygens (including phenoxy) is 3. The highest BCUT2D eigenvalue weighted by Crippen LogP contribution is 2.12. The van der Waals surface area contributed by atoms with Crippen molar-refractivity contribution in [3.63, 3.8) is 0 Å². The van der Waals surface area contributed by atoms with Crippen molar-refractivity contribution in [3.8, 4) is 0 Å². The van der Waals surface area contributed by atoms with Gasteiger partial charge in [0.2, 0.25) is 0 Å². The van der Waals surface area contributed by atoms with Gasteiger partial charge in [-0.25, -0.2) is 0 Å². The van der Waals surface area contributed by atoms with Gasteiger partial charge in [-0.05, 0) is 96.3 Å². The molecule has 0 radical (unpaired) electrons. The molecule has 6 heteroatoms. The molecule has 0 bridgehead atoms. The fraction of sp³-hybridized carbons (Fsp3) is 0.706. The van der Waals surface area contributed by atoms with Gasteiger partial charge in [-0.2, -0.15) is 0 Å². The predicted octanol–water partition coefficient (Wildman–Crippen LogP) is 15.1. The summed E-state index contributed by atoms with van der Waals surface area (Å²) in [5, 5.41) is 0. The van der Waals surface area contributed by atoms with Gasteiger partial charge >= 0.3 is 17.9 Å². The van der Waals surface area contributed by atoms with Crippen LogP contribution in [0.5, 0.6) is 0 Å². The Balaban J connectivity index is 4.47. The van der Waals surface area contributed by atoms with Crippen LogP contribution in [0.15, 0.2) is 72.9 Å². The molecular weight excluding hydrogens is 709 g/mol. The molecule has 0 aromatic rings. The van der Waals surface area contributed by atoms with Crippen LogP contribution >= 0.6 is 0 Å². The van der Waals surface area contributed by atoms with E-state index in [-0.39, 0.29) is 37.5 Å². The van der Waals surface area contributed by atoms with Gasteiger partial charge in [0.25, 0.3) is 0 Å². The molecule has 0 heterocycles. The number of carbonyl (C=O) groups is 3. The Morgan fingerprint density at radius 2 is 0.667 bits per heavy atom. The van der Waals surface area contributed by atoms with Crippen LogP contribution in [0.2, 0.25) is 0 Å². The van der Waals surface area contributed by atoms with E-state index in [0.29, 0.717) is 19.3 Å². The summed E-state index contributed by atoms with van der Waals surface area (Å²) in [4.78, 5) is 37.7. The lowest BCUT2D eigenvalue weighted by Crippen LogP contribution is -2.30. The molecule has 0 rings (SSSR count). The Hall–Kier alpha value is -3.15. The van der Waals surface area contributed by atoms with E-state index in [0.717, 1.165) is 89.9 Å². The standard InChI is InChI=1S/C51H86O6/c1-4-7-10-13-16-19-22-23-24-25-26-27-30-32-35-38-41-44-50(53)56-47-48(57-51(54)45-42-39-36-33-29-21-18-15-12-9-6-3)46-55-49(52)43-40-37-34-31-28-20-17-14-11-8-5-2/h14-19,23-24,26-27,32,35,48H,4-13,20-22,25,28-31,33-34,36-47H2,1-3H3/b17-14-,18-15-,19-16-,24-23-,27-26-,35-32-/t48-/m1/s1. The summed E-state index contributed by atoms with van der Waals surface area (Å²) in [7, 11) is 0. The molecular formula is C51H86O6. The van der Waals surface area contributed by atoms with Crippen molar-refractivity contribution in [2.45, 2.75) is 219 Å². The van der Waals surface area contributed by atoms with Crippen molar-refractivity contribution >= 4 is 17.9 Å². The van der Waals surface area contributed by atoms with Crippen LogP contribution in [0.3, 0.4) is 0 Å². The van der Waals surface area contributed by atoms with Gasteiger partial charge in [0.05, 0.1) is 0 Å². The van der Waals surface area contributed by atoms with Gasteiger partial charge < -0.3 is 14.2 Å². The van der Waals surface area contributed by atoms with Gasteiger partial charge in [-0.1, -0.05) is 171 Å². The zero-order chi connectivity index (χ0) is 41.5. The van der Waals surface area contributed by atoms with Gasteiger partial charge in [-0.3, -0.25) is 14.4 Å². The normalized spacial score (nSPS) is 12.7. The van der Waals surface area contributed by atoms with Crippen LogP contribution in [0.4, 0.5) is 0 Å². The highest BCUT2D eigenvalue weighted by atomic mass is 16.6. The molecule has 0 unspecified atom stereocenters. The number of hydrogen-bond donors (Lipinski definition) is 0. The zero-order valence-electron chi connectivity index (χ0n) is 37.1. The van der Waals surface area contributed by atoms with Gasteiger partial charge in [-0.15, -0.1) is 0 Å². The monoisotopic (exact) mass is 795 g/mol. The van der Waals surface area contributed by atoms with E-state index in [4.69, 9.17) is 14.2 Å². The summed E-state index contributed by atoms with van der Waals surface area (Å²) in [6.45, 7) is 6.45. The fourth-order valence-electron chi connectivity index (χ4n) is 6.04. The van der Waals surface area contributed by atoms with Crippen LogP contribution < -0.4 is 0 Å². The fourth-order valence-corrected chi connectivity index (χ4v) is 6.04. The van der Waals surface area contributed by atoms with E-state index in [1.807, 2.05) is 0 Å². The SMILES string of the molecule is CCCC/C=C\CCCCCCCC(=O)OC[C@H](COC(=O)CCC/C=C\C/C=C\C/C=C\C/C=C\CCCCC)OC(=O)CCCCCCC/C=C\CCCC. The molecule has 0 aliphatic carbocycles. The Morgan fingerprint density at radius 3 is 1.12 bits per heavy atom. The Bertz CT molecular complexity index is 1100. The lowest BCUT2D eigenvalue weighted by Gasteiger charge is -2.18. The second-order valence-corrected chi connectivity index (χ2v) is 15.3. The summed E-state index contributed by atoms with van der Waals surface area (Å²) in [5.41, 5.74) is 0. The maximum Gasteiger partial charge on any atom is 0.306 e. The topological polar surface area (TPSA) is 78.9 Å². The number of unbranched alkanes of at least 4 members (excludes halogenated alkanes) is 18. The molecule has 0 saturated carbocycles. The first kappa shape index (κ1) is 53.9. The second kappa shape index (κ2) is 45.6. The molecule has 0 amide bonds. The van der Waals surface area contributed by atoms with Gasteiger partial charge in [0.15, 0.2) is 6.10 Å². The minimum Gasteiger partial charge on any atom is -0.462 e. The summed E-state index contributed by atoms with van der Waals surface area (Å²) in [5.74, 6) is -0.984.